The minimum atomic E-state index is -4.56. The van der Waals surface area contributed by atoms with Gasteiger partial charge in [-0.1, -0.05) is 0 Å². The number of carbonyl (C=O) groups excluding carboxylic acids is 1. The average Bonchev–Trinajstić information content (AvgIpc) is 3.09. The second-order valence-corrected chi connectivity index (χ2v) is 5.82. The summed E-state index contributed by atoms with van der Waals surface area (Å²) in [5.41, 5.74) is 5.51. The van der Waals surface area contributed by atoms with Crippen LogP contribution in [0, 0.1) is 13.8 Å². The zero-order chi connectivity index (χ0) is 19.5. The maximum absolute atomic E-state index is 12.6. The number of hydrogen-bond donors (Lipinski definition) is 3. The Labute approximate surface area is 152 Å². The summed E-state index contributed by atoms with van der Waals surface area (Å²) >= 11 is 5.06. The van der Waals surface area contributed by atoms with E-state index in [4.69, 9.17) is 12.2 Å². The lowest BCUT2D eigenvalue weighted by Gasteiger charge is -2.12. The fraction of sp³-hybridized carbons (Fsp3) is 0.429. The standard InChI is InChI=1S/C14H18F3N7OS/c1-4-23-9(3)10(6-18-23)19-13(26)21-20-12(25)7-24-8(2)5-11(22-24)14(15,16)17/h5-6H,4,7H2,1-3H3,(H,20,25)(H2,19,21,26). The molecule has 0 bridgehead atoms. The molecule has 8 nitrogen and oxygen atoms in total. The summed E-state index contributed by atoms with van der Waals surface area (Å²) in [5, 5.41) is 10.5. The van der Waals surface area contributed by atoms with Crippen molar-refractivity contribution in [1.29, 1.82) is 0 Å². The highest BCUT2D eigenvalue weighted by atomic mass is 32.1. The number of amides is 1. The van der Waals surface area contributed by atoms with E-state index in [1.54, 1.807) is 10.9 Å². The van der Waals surface area contributed by atoms with Crippen LogP contribution in [0.2, 0.25) is 0 Å². The smallest absolute Gasteiger partial charge is 0.329 e. The number of carbonyl (C=O) groups is 1. The van der Waals surface area contributed by atoms with Crippen LogP contribution < -0.4 is 16.2 Å². The van der Waals surface area contributed by atoms with E-state index in [2.05, 4.69) is 26.4 Å². The minimum Gasteiger partial charge on any atom is -0.329 e. The molecular weight excluding hydrogens is 371 g/mol. The van der Waals surface area contributed by atoms with Gasteiger partial charge in [0.2, 0.25) is 0 Å². The third-order valence-corrected chi connectivity index (χ3v) is 3.74. The number of aryl methyl sites for hydroxylation is 2. The third-order valence-electron chi connectivity index (χ3n) is 3.53. The molecule has 0 aromatic carbocycles. The first-order valence-electron chi connectivity index (χ1n) is 7.61. The molecule has 0 aliphatic rings. The Hall–Kier alpha value is -2.63. The molecule has 2 aromatic rings. The number of anilines is 1. The lowest BCUT2D eigenvalue weighted by Crippen LogP contribution is -2.45. The van der Waals surface area contributed by atoms with Crippen molar-refractivity contribution in [3.63, 3.8) is 0 Å². The van der Waals surface area contributed by atoms with E-state index in [1.165, 1.54) is 6.92 Å². The molecule has 2 rings (SSSR count). The lowest BCUT2D eigenvalue weighted by atomic mass is 10.3. The number of hydrazine groups is 1. The summed E-state index contributed by atoms with van der Waals surface area (Å²) in [6, 6.07) is 0.876. The van der Waals surface area contributed by atoms with Gasteiger partial charge in [-0.25, -0.2) is 0 Å². The van der Waals surface area contributed by atoms with Crippen LogP contribution in [0.25, 0.3) is 0 Å². The van der Waals surface area contributed by atoms with Crippen LogP contribution in [0.5, 0.6) is 0 Å². The van der Waals surface area contributed by atoms with Gasteiger partial charge in [-0.3, -0.25) is 25.0 Å². The number of thiocarbonyl (C=S) groups is 1. The quantitative estimate of drug-likeness (QED) is 0.546. The van der Waals surface area contributed by atoms with Gasteiger partial charge in [0.25, 0.3) is 5.91 Å². The van der Waals surface area contributed by atoms with Gasteiger partial charge in [0, 0.05) is 12.2 Å². The van der Waals surface area contributed by atoms with E-state index in [-0.39, 0.29) is 17.4 Å². The van der Waals surface area contributed by atoms with Gasteiger partial charge in [-0.2, -0.15) is 23.4 Å². The van der Waals surface area contributed by atoms with Gasteiger partial charge >= 0.3 is 6.18 Å². The van der Waals surface area contributed by atoms with Crippen molar-refractivity contribution in [2.75, 3.05) is 5.32 Å². The maximum atomic E-state index is 12.6. The van der Waals surface area contributed by atoms with Crippen LogP contribution in [-0.2, 0) is 24.1 Å². The monoisotopic (exact) mass is 389 g/mol. The molecule has 0 aliphatic heterocycles. The third kappa shape index (κ3) is 4.71. The molecule has 0 atom stereocenters. The largest absolute Gasteiger partial charge is 0.435 e. The average molecular weight is 389 g/mol. The zero-order valence-electron chi connectivity index (χ0n) is 14.3. The first-order valence-corrected chi connectivity index (χ1v) is 8.02. The van der Waals surface area contributed by atoms with E-state index in [0.29, 0.717) is 12.2 Å². The number of nitrogens with one attached hydrogen (secondary N) is 3. The Balaban J connectivity index is 1.87. The van der Waals surface area contributed by atoms with E-state index < -0.39 is 17.8 Å². The summed E-state index contributed by atoms with van der Waals surface area (Å²) < 4.78 is 40.6. The summed E-state index contributed by atoms with van der Waals surface area (Å²) in [6.45, 7) is 5.56. The van der Waals surface area contributed by atoms with Crippen LogP contribution in [0.3, 0.4) is 0 Å². The van der Waals surface area contributed by atoms with Crippen molar-refractivity contribution in [1.82, 2.24) is 30.4 Å². The summed E-state index contributed by atoms with van der Waals surface area (Å²) in [4.78, 5) is 11.9. The van der Waals surface area contributed by atoms with Crippen molar-refractivity contribution in [2.45, 2.75) is 40.0 Å². The molecule has 0 saturated heterocycles. The highest BCUT2D eigenvalue weighted by molar-refractivity contribution is 7.80. The number of halogens is 3. The topological polar surface area (TPSA) is 88.8 Å². The molecular formula is C14H18F3N7OS. The molecule has 2 aromatic heterocycles. The molecule has 142 valence electrons. The van der Waals surface area contributed by atoms with E-state index in [9.17, 15) is 18.0 Å². The molecule has 0 fully saturated rings. The predicted molar refractivity (Wildman–Crippen MR) is 92.1 cm³/mol. The Morgan fingerprint density at radius 3 is 2.50 bits per heavy atom. The highest BCUT2D eigenvalue weighted by Crippen LogP contribution is 2.28. The summed E-state index contributed by atoms with van der Waals surface area (Å²) in [7, 11) is 0. The zero-order valence-corrected chi connectivity index (χ0v) is 15.1. The van der Waals surface area contributed by atoms with Gasteiger partial charge in [-0.15, -0.1) is 0 Å². The highest BCUT2D eigenvalue weighted by Gasteiger charge is 2.34. The number of rotatable bonds is 4. The van der Waals surface area contributed by atoms with Crippen molar-refractivity contribution in [3.05, 3.63) is 29.3 Å². The maximum Gasteiger partial charge on any atom is 0.435 e. The Morgan fingerprint density at radius 1 is 1.27 bits per heavy atom. The molecule has 0 unspecified atom stereocenters. The summed E-state index contributed by atoms with van der Waals surface area (Å²) in [5.74, 6) is -0.602. The molecule has 3 N–H and O–H groups in total. The molecule has 12 heteroatoms. The molecule has 0 spiro atoms. The minimum absolute atomic E-state index is 0.116. The van der Waals surface area contributed by atoms with Crippen molar-refractivity contribution < 1.29 is 18.0 Å². The van der Waals surface area contributed by atoms with Crippen molar-refractivity contribution >= 4 is 28.9 Å². The Bertz CT molecular complexity index is 812. The fourth-order valence-corrected chi connectivity index (χ4v) is 2.31. The van der Waals surface area contributed by atoms with Gasteiger partial charge in [0.05, 0.1) is 17.6 Å². The van der Waals surface area contributed by atoms with E-state index >= 15 is 0 Å². The first kappa shape index (κ1) is 19.7. The number of hydrogen-bond acceptors (Lipinski definition) is 4. The van der Waals surface area contributed by atoms with Gasteiger partial charge in [0.15, 0.2) is 10.8 Å². The Morgan fingerprint density at radius 2 is 1.96 bits per heavy atom. The molecule has 0 saturated carbocycles. The second kappa shape index (κ2) is 7.72. The first-order chi connectivity index (χ1) is 12.1. The lowest BCUT2D eigenvalue weighted by molar-refractivity contribution is -0.141. The van der Waals surface area contributed by atoms with Crippen LogP contribution in [0.1, 0.15) is 24.0 Å². The number of aromatic nitrogens is 4. The molecule has 1 amide bonds. The number of nitrogens with zero attached hydrogens (tertiary/aromatic N) is 4. The van der Waals surface area contributed by atoms with Gasteiger partial charge in [-0.05, 0) is 39.1 Å². The molecule has 2 heterocycles. The number of alkyl halides is 3. The van der Waals surface area contributed by atoms with E-state index in [1.807, 2.05) is 13.8 Å². The van der Waals surface area contributed by atoms with Crippen LogP contribution in [-0.4, -0.2) is 30.6 Å². The summed E-state index contributed by atoms with van der Waals surface area (Å²) in [6.07, 6.45) is -2.96. The SMILES string of the molecule is CCn1ncc(NC(=S)NNC(=O)Cn2nc(C(F)(F)F)cc2C)c1C. The van der Waals surface area contributed by atoms with Gasteiger partial charge < -0.3 is 5.32 Å². The van der Waals surface area contributed by atoms with Crippen LogP contribution >= 0.6 is 12.2 Å². The van der Waals surface area contributed by atoms with Gasteiger partial charge in [0.1, 0.15) is 6.54 Å². The molecule has 26 heavy (non-hydrogen) atoms. The van der Waals surface area contributed by atoms with E-state index in [0.717, 1.165) is 16.4 Å². The Kier molecular flexibility index (Phi) is 5.85. The molecule has 0 radical (unpaired) electrons. The normalized spacial score (nSPS) is 11.3. The second-order valence-electron chi connectivity index (χ2n) is 5.41. The van der Waals surface area contributed by atoms with Crippen molar-refractivity contribution in [3.8, 4) is 0 Å². The molecule has 0 aliphatic carbocycles. The van der Waals surface area contributed by atoms with Crippen LogP contribution in [0.4, 0.5) is 18.9 Å². The van der Waals surface area contributed by atoms with Crippen molar-refractivity contribution in [2.24, 2.45) is 0 Å². The van der Waals surface area contributed by atoms with Crippen LogP contribution in [0.15, 0.2) is 12.3 Å². The fourth-order valence-electron chi connectivity index (χ4n) is 2.15. The predicted octanol–water partition coefficient (Wildman–Crippen LogP) is 1.75.